The molecule has 0 bridgehead atoms. The summed E-state index contributed by atoms with van der Waals surface area (Å²) in [5, 5.41) is 2.93. The van der Waals surface area contributed by atoms with Crippen molar-refractivity contribution in [1.29, 1.82) is 0 Å². The molecule has 0 fully saturated rings. The average Bonchev–Trinajstić information content (AvgIpc) is 2.74. The fourth-order valence-corrected chi connectivity index (χ4v) is 0.323. The van der Waals surface area contributed by atoms with Crippen molar-refractivity contribution >= 4 is 27.1 Å². The fourth-order valence-electron chi connectivity index (χ4n) is 0.323. The van der Waals surface area contributed by atoms with Gasteiger partial charge in [0, 0.05) is 6.54 Å². The largest absolute Gasteiger partial charge is 0.397 e. The average molecular weight is 311 g/mol. The summed E-state index contributed by atoms with van der Waals surface area (Å²) < 4.78 is 59.4. The van der Waals surface area contributed by atoms with E-state index in [1.54, 1.807) is 6.34 Å². The third-order valence-electron chi connectivity index (χ3n) is 0.989. The zero-order chi connectivity index (χ0) is 13.9. The van der Waals surface area contributed by atoms with Crippen LogP contribution in [0.1, 0.15) is 0 Å². The Labute approximate surface area is 106 Å². The third kappa shape index (κ3) is 29.4. The van der Waals surface area contributed by atoms with E-state index < -0.39 is 20.8 Å². The first-order valence-corrected chi connectivity index (χ1v) is 6.63. The van der Waals surface area contributed by atoms with Crippen molar-refractivity contribution in [2.45, 2.75) is 0 Å². The zero-order valence-corrected chi connectivity index (χ0v) is 11.4. The second-order valence-electron chi connectivity index (χ2n) is 2.18. The lowest BCUT2D eigenvalue weighted by molar-refractivity contribution is 0.323. The molecule has 18 heavy (non-hydrogen) atoms. The summed E-state index contributed by atoms with van der Waals surface area (Å²) in [4.78, 5) is 3.85. The Bertz CT molecular complexity index is 364. The summed E-state index contributed by atoms with van der Waals surface area (Å²) >= 11 is 0. The molecule has 1 rings (SSSR count). The highest BCUT2D eigenvalue weighted by molar-refractivity contribution is 7.81. The number of nitrogens with one attached hydrogen (secondary N) is 1. The lowest BCUT2D eigenvalue weighted by atomic mass is 10.7. The number of rotatable bonds is 2. The molecule has 0 atom stereocenters. The lowest BCUT2D eigenvalue weighted by Gasteiger charge is -1.82. The van der Waals surface area contributed by atoms with Crippen LogP contribution in [0, 0.1) is 0 Å². The molecule has 0 amide bonds. The Hall–Kier alpha value is -0.830. The quantitative estimate of drug-likeness (QED) is 0.444. The van der Waals surface area contributed by atoms with Gasteiger partial charge in [-0.2, -0.15) is 16.8 Å². The molecule has 0 saturated heterocycles. The van der Waals surface area contributed by atoms with E-state index in [4.69, 9.17) is 9.11 Å². The van der Waals surface area contributed by atoms with Crippen LogP contribution in [0.5, 0.6) is 0 Å². The van der Waals surface area contributed by atoms with Crippen LogP contribution in [-0.4, -0.2) is 59.6 Å². The number of hydrogen-bond donors (Lipinski definition) is 4. The van der Waals surface area contributed by atoms with Crippen molar-refractivity contribution in [2.75, 3.05) is 27.3 Å². The Balaban J connectivity index is -0.000000183. The van der Waals surface area contributed by atoms with Crippen LogP contribution in [0.25, 0.3) is 0 Å². The minimum absolute atomic E-state index is 0. The van der Waals surface area contributed by atoms with E-state index in [9.17, 15) is 16.8 Å². The Kier molecular flexibility index (Phi) is 14.0. The van der Waals surface area contributed by atoms with Gasteiger partial charge in [0.25, 0.3) is 0 Å². The first kappa shape index (κ1) is 22.4. The highest BCUT2D eigenvalue weighted by Crippen LogP contribution is 1.75. The Morgan fingerprint density at radius 1 is 1.11 bits per heavy atom. The van der Waals surface area contributed by atoms with Gasteiger partial charge in [0.15, 0.2) is 0 Å². The molecule has 11 nitrogen and oxygen atoms in total. The minimum Gasteiger partial charge on any atom is -0.375 e. The number of nitrogens with zero attached hydrogens (tertiary/aromatic N) is 1. The first-order chi connectivity index (χ1) is 7.62. The molecule has 112 valence electrons. The second-order valence-corrected chi connectivity index (χ2v) is 4.56. The van der Waals surface area contributed by atoms with E-state index in [2.05, 4.69) is 18.7 Å². The molecular weight excluding hydrogens is 294 g/mol. The smallest absolute Gasteiger partial charge is 0.375 e. The summed E-state index contributed by atoms with van der Waals surface area (Å²) in [5.74, 6) is 0. The molecule has 1 aliphatic heterocycles. The van der Waals surface area contributed by atoms with Gasteiger partial charge in [-0.1, -0.05) is 0 Å². The van der Waals surface area contributed by atoms with Gasteiger partial charge in [0.05, 0.1) is 27.1 Å². The molecule has 0 saturated carbocycles. The normalized spacial score (nSPS) is 13.1. The maximum absolute atomic E-state index is 9.33. The molecule has 0 aromatic carbocycles. The maximum atomic E-state index is 9.33. The lowest BCUT2D eigenvalue weighted by Crippen LogP contribution is -2.04. The predicted octanol–water partition coefficient (Wildman–Crippen LogP) is -1.35. The molecule has 6 N–H and O–H groups in total. The summed E-state index contributed by atoms with van der Waals surface area (Å²) in [6.07, 6.45) is 1.74. The third-order valence-corrected chi connectivity index (χ3v) is 1.83. The van der Waals surface area contributed by atoms with Gasteiger partial charge in [-0.05, 0) is 0 Å². The van der Waals surface area contributed by atoms with Gasteiger partial charge in [0.1, 0.15) is 0 Å². The SMILES string of the molecule is C1=NCCN1.COS(=O)(=O)O.COS(=O)(=O)O.N. The molecular formula is C5H17N3O8S2. The highest BCUT2D eigenvalue weighted by atomic mass is 32.3. The van der Waals surface area contributed by atoms with E-state index in [0.717, 1.165) is 27.3 Å². The predicted molar refractivity (Wildman–Crippen MR) is 63.5 cm³/mol. The van der Waals surface area contributed by atoms with E-state index in [0.29, 0.717) is 0 Å². The number of hydrogen-bond acceptors (Lipinski definition) is 9. The van der Waals surface area contributed by atoms with Crippen molar-refractivity contribution < 1.29 is 34.3 Å². The van der Waals surface area contributed by atoms with Crippen LogP contribution in [0.3, 0.4) is 0 Å². The first-order valence-electron chi connectivity index (χ1n) is 3.90. The van der Waals surface area contributed by atoms with Crippen LogP contribution in [-0.2, 0) is 29.2 Å². The fraction of sp³-hybridized carbons (Fsp3) is 0.800. The molecule has 13 heteroatoms. The molecule has 0 aromatic heterocycles. The molecule has 1 heterocycles. The van der Waals surface area contributed by atoms with Crippen LogP contribution in [0.2, 0.25) is 0 Å². The van der Waals surface area contributed by atoms with E-state index in [-0.39, 0.29) is 6.15 Å². The Morgan fingerprint density at radius 2 is 1.44 bits per heavy atom. The van der Waals surface area contributed by atoms with Crippen LogP contribution >= 0.6 is 0 Å². The maximum Gasteiger partial charge on any atom is 0.397 e. The highest BCUT2D eigenvalue weighted by Gasteiger charge is 1.94. The summed E-state index contributed by atoms with van der Waals surface area (Å²) in [5.41, 5.74) is 0. The summed E-state index contributed by atoms with van der Waals surface area (Å²) in [7, 11) is -6.58. The van der Waals surface area contributed by atoms with Crippen molar-refractivity contribution in [3.8, 4) is 0 Å². The van der Waals surface area contributed by atoms with Gasteiger partial charge < -0.3 is 11.5 Å². The number of aliphatic imine (C=N–C) groups is 1. The topological polar surface area (TPSA) is 187 Å². The van der Waals surface area contributed by atoms with Gasteiger partial charge in [-0.25, -0.2) is 0 Å². The van der Waals surface area contributed by atoms with Crippen molar-refractivity contribution in [3.63, 3.8) is 0 Å². The van der Waals surface area contributed by atoms with Crippen LogP contribution < -0.4 is 11.5 Å². The van der Waals surface area contributed by atoms with Gasteiger partial charge in [-0.15, -0.1) is 0 Å². The molecule has 0 aromatic rings. The van der Waals surface area contributed by atoms with Crippen molar-refractivity contribution in [2.24, 2.45) is 4.99 Å². The zero-order valence-electron chi connectivity index (χ0n) is 9.81. The van der Waals surface area contributed by atoms with E-state index in [1.165, 1.54) is 0 Å². The molecule has 0 unspecified atom stereocenters. The standard InChI is InChI=1S/C3H6N2.2CH4O4S.H3N/c1-2-5-3-4-1;2*1-5-6(2,3)4;/h3H,1-2H2,(H,4,5);2*1H3,(H,2,3,4);1H3. The molecule has 0 radical (unpaired) electrons. The summed E-state index contributed by atoms with van der Waals surface area (Å²) in [6.45, 7) is 1.99. The monoisotopic (exact) mass is 311 g/mol. The molecule has 0 spiro atoms. The Morgan fingerprint density at radius 3 is 1.50 bits per heavy atom. The second kappa shape index (κ2) is 11.3. The van der Waals surface area contributed by atoms with Gasteiger partial charge in [-0.3, -0.25) is 22.5 Å². The summed E-state index contributed by atoms with van der Waals surface area (Å²) in [6, 6.07) is 0. The van der Waals surface area contributed by atoms with E-state index in [1.807, 2.05) is 0 Å². The molecule has 1 aliphatic rings. The van der Waals surface area contributed by atoms with E-state index >= 15 is 0 Å². The van der Waals surface area contributed by atoms with Crippen molar-refractivity contribution in [3.05, 3.63) is 0 Å². The van der Waals surface area contributed by atoms with Crippen molar-refractivity contribution in [1.82, 2.24) is 11.5 Å². The minimum atomic E-state index is -4.16. The van der Waals surface area contributed by atoms with Crippen LogP contribution in [0.15, 0.2) is 4.99 Å². The van der Waals surface area contributed by atoms with Gasteiger partial charge in [0.2, 0.25) is 0 Å². The van der Waals surface area contributed by atoms with Crippen LogP contribution in [0.4, 0.5) is 0 Å². The van der Waals surface area contributed by atoms with Gasteiger partial charge >= 0.3 is 20.8 Å². The molecule has 0 aliphatic carbocycles.